The molecular weight excluding hydrogens is 504 g/mol. The highest BCUT2D eigenvalue weighted by molar-refractivity contribution is 6.33. The van der Waals surface area contributed by atoms with Crippen LogP contribution in [-0.4, -0.2) is 46.7 Å². The van der Waals surface area contributed by atoms with Crippen molar-refractivity contribution < 1.29 is 19.2 Å². The fourth-order valence-electron chi connectivity index (χ4n) is 6.73. The molecule has 0 atom stereocenters. The molecule has 0 bridgehead atoms. The van der Waals surface area contributed by atoms with Crippen LogP contribution in [-0.2, 0) is 12.8 Å². The van der Waals surface area contributed by atoms with Crippen LogP contribution in [0, 0.1) is 0 Å². The summed E-state index contributed by atoms with van der Waals surface area (Å²) >= 11 is 0. The van der Waals surface area contributed by atoms with Crippen LogP contribution in [0.4, 0.5) is 11.4 Å². The van der Waals surface area contributed by atoms with Gasteiger partial charge in [0.25, 0.3) is 23.6 Å². The molecule has 4 amide bonds. The summed E-state index contributed by atoms with van der Waals surface area (Å²) in [5.41, 5.74) is 5.11. The molecule has 0 N–H and O–H groups in total. The topological polar surface area (TPSA) is 81.2 Å². The number of anilines is 2. The fourth-order valence-corrected chi connectivity index (χ4v) is 6.73. The van der Waals surface area contributed by atoms with Gasteiger partial charge in [0.15, 0.2) is 0 Å². The minimum absolute atomic E-state index is 0.315. The second-order valence-corrected chi connectivity index (χ2v) is 10.6. The Kier molecular flexibility index (Phi) is 4.74. The van der Waals surface area contributed by atoms with Crippen LogP contribution in [0.2, 0.25) is 0 Å². The molecular formula is C32H24N4O4. The Hall–Kier alpha value is -4.98. The maximum atomic E-state index is 13.9. The zero-order valence-corrected chi connectivity index (χ0v) is 21.6. The molecule has 0 radical (unpaired) electrons. The lowest BCUT2D eigenvalue weighted by atomic mass is 9.86. The van der Waals surface area contributed by atoms with Crippen LogP contribution in [0.1, 0.15) is 65.4 Å². The third kappa shape index (κ3) is 2.96. The number of hydrazine groups is 2. The molecule has 0 unspecified atom stereocenters. The van der Waals surface area contributed by atoms with Crippen LogP contribution in [0.3, 0.4) is 0 Å². The Balaban J connectivity index is 1.26. The van der Waals surface area contributed by atoms with Gasteiger partial charge in [0.05, 0.1) is 33.6 Å². The van der Waals surface area contributed by atoms with Gasteiger partial charge in [-0.1, -0.05) is 36.4 Å². The zero-order valence-electron chi connectivity index (χ0n) is 21.6. The molecule has 8 heteroatoms. The molecule has 0 spiro atoms. The molecule has 4 aliphatic rings. The standard InChI is InChI=1S/C32H24N4O4/c37-29-21-13-15-23-28-24(32(40)36(31(23)39)34-18-6-10-20-8-2-4-12-26(20)34)16-14-22(27(21)28)30(38)35(29)33-17-5-9-19-7-1-3-11-25(19)33/h1-4,7-8,11-16H,5-6,9-10,17-18H2. The lowest BCUT2D eigenvalue weighted by molar-refractivity contribution is 0.0565. The maximum absolute atomic E-state index is 13.9. The molecule has 0 fully saturated rings. The van der Waals surface area contributed by atoms with E-state index in [2.05, 4.69) is 0 Å². The first kappa shape index (κ1) is 23.0. The number of carbonyl (C=O) groups excluding carboxylic acids is 4. The molecule has 0 aromatic heterocycles. The Morgan fingerprint density at radius 1 is 0.450 bits per heavy atom. The van der Waals surface area contributed by atoms with Crippen LogP contribution in [0.5, 0.6) is 0 Å². The average Bonchev–Trinajstić information content (AvgIpc) is 2.99. The number of imide groups is 2. The molecule has 0 aliphatic carbocycles. The molecule has 4 aromatic carbocycles. The van der Waals surface area contributed by atoms with Crippen molar-refractivity contribution in [1.29, 1.82) is 0 Å². The van der Waals surface area contributed by atoms with Crippen molar-refractivity contribution in [3.63, 3.8) is 0 Å². The average molecular weight is 529 g/mol. The molecule has 0 saturated carbocycles. The molecule has 4 aliphatic heterocycles. The summed E-state index contributed by atoms with van der Waals surface area (Å²) in [5, 5.41) is 6.73. The van der Waals surface area contributed by atoms with Crippen molar-refractivity contribution in [1.82, 2.24) is 10.0 Å². The van der Waals surface area contributed by atoms with E-state index >= 15 is 0 Å². The number of hydrogen-bond acceptors (Lipinski definition) is 6. The number of nitrogens with zero attached hydrogens (tertiary/aromatic N) is 4. The first-order valence-electron chi connectivity index (χ1n) is 13.6. The lowest BCUT2D eigenvalue weighted by Crippen LogP contribution is -2.55. The third-order valence-corrected chi connectivity index (χ3v) is 8.51. The lowest BCUT2D eigenvalue weighted by Gasteiger charge is -2.42. The van der Waals surface area contributed by atoms with Gasteiger partial charge in [-0.15, -0.1) is 0 Å². The summed E-state index contributed by atoms with van der Waals surface area (Å²) in [6.45, 7) is 1.07. The molecule has 4 aromatic rings. The van der Waals surface area contributed by atoms with Crippen molar-refractivity contribution in [2.45, 2.75) is 25.7 Å². The molecule has 4 heterocycles. The summed E-state index contributed by atoms with van der Waals surface area (Å²) in [4.78, 5) is 55.8. The van der Waals surface area contributed by atoms with E-state index in [-0.39, 0.29) is 0 Å². The summed E-state index contributed by atoms with van der Waals surface area (Å²) in [6.07, 6.45) is 3.38. The minimum Gasteiger partial charge on any atom is -0.275 e. The van der Waals surface area contributed by atoms with Crippen molar-refractivity contribution in [3.8, 4) is 0 Å². The van der Waals surface area contributed by atoms with Gasteiger partial charge >= 0.3 is 0 Å². The second kappa shape index (κ2) is 8.26. The van der Waals surface area contributed by atoms with E-state index in [9.17, 15) is 19.2 Å². The van der Waals surface area contributed by atoms with Gasteiger partial charge in [0, 0.05) is 23.9 Å². The van der Waals surface area contributed by atoms with Crippen molar-refractivity contribution in [3.05, 3.63) is 106 Å². The number of aryl methyl sites for hydroxylation is 2. The highest BCUT2D eigenvalue weighted by Crippen LogP contribution is 2.41. The highest BCUT2D eigenvalue weighted by Gasteiger charge is 2.44. The van der Waals surface area contributed by atoms with Gasteiger partial charge in [0.2, 0.25) is 0 Å². The molecule has 0 saturated heterocycles. The Bertz CT molecular complexity index is 1630. The minimum atomic E-state index is -0.454. The summed E-state index contributed by atoms with van der Waals surface area (Å²) in [5.74, 6) is -1.81. The van der Waals surface area contributed by atoms with E-state index in [0.29, 0.717) is 46.1 Å². The number of carbonyl (C=O) groups is 4. The Morgan fingerprint density at radius 2 is 0.800 bits per heavy atom. The summed E-state index contributed by atoms with van der Waals surface area (Å²) in [7, 11) is 0. The normalized spacial score (nSPS) is 17.9. The maximum Gasteiger partial charge on any atom is 0.280 e. The van der Waals surface area contributed by atoms with E-state index in [1.165, 1.54) is 10.0 Å². The monoisotopic (exact) mass is 528 g/mol. The summed E-state index contributed by atoms with van der Waals surface area (Å²) < 4.78 is 0. The predicted molar refractivity (Wildman–Crippen MR) is 149 cm³/mol. The number of para-hydroxylation sites is 2. The van der Waals surface area contributed by atoms with Crippen LogP contribution in [0.15, 0.2) is 72.8 Å². The van der Waals surface area contributed by atoms with Gasteiger partial charge in [-0.05, 0) is 73.2 Å². The SMILES string of the molecule is O=C1c2ccc3c4c(ccc(c24)C(=O)N1N1CCCc2ccccc21)C(=O)N(N1CCCc2ccccc21)C3=O. The van der Waals surface area contributed by atoms with Crippen LogP contribution < -0.4 is 10.0 Å². The van der Waals surface area contributed by atoms with Gasteiger partial charge < -0.3 is 0 Å². The highest BCUT2D eigenvalue weighted by atomic mass is 16.2. The first-order chi connectivity index (χ1) is 19.5. The smallest absolute Gasteiger partial charge is 0.275 e. The van der Waals surface area contributed by atoms with Gasteiger partial charge in [0.1, 0.15) is 0 Å². The second-order valence-electron chi connectivity index (χ2n) is 10.6. The fraction of sp³-hybridized carbons (Fsp3) is 0.188. The molecule has 8 rings (SSSR count). The number of rotatable bonds is 2. The first-order valence-corrected chi connectivity index (χ1v) is 13.6. The van der Waals surface area contributed by atoms with E-state index in [4.69, 9.17) is 0 Å². The third-order valence-electron chi connectivity index (χ3n) is 8.51. The van der Waals surface area contributed by atoms with Crippen molar-refractivity contribution in [2.75, 3.05) is 23.1 Å². The van der Waals surface area contributed by atoms with E-state index in [1.54, 1.807) is 34.3 Å². The predicted octanol–water partition coefficient (Wildman–Crippen LogP) is 4.77. The Morgan fingerprint density at radius 3 is 1.18 bits per heavy atom. The number of benzene rings is 4. The van der Waals surface area contributed by atoms with Crippen LogP contribution >= 0.6 is 0 Å². The Labute approximate surface area is 229 Å². The van der Waals surface area contributed by atoms with E-state index in [1.807, 2.05) is 48.5 Å². The quantitative estimate of drug-likeness (QED) is 0.349. The largest absolute Gasteiger partial charge is 0.280 e. The summed E-state index contributed by atoms with van der Waals surface area (Å²) in [6, 6.07) is 22.1. The number of amides is 4. The van der Waals surface area contributed by atoms with Crippen molar-refractivity contribution >= 4 is 45.8 Å². The van der Waals surface area contributed by atoms with Crippen LogP contribution in [0.25, 0.3) is 10.8 Å². The van der Waals surface area contributed by atoms with Crippen molar-refractivity contribution in [2.24, 2.45) is 0 Å². The van der Waals surface area contributed by atoms with E-state index in [0.717, 1.165) is 48.2 Å². The van der Waals surface area contributed by atoms with E-state index < -0.39 is 23.6 Å². The molecule has 40 heavy (non-hydrogen) atoms. The van der Waals surface area contributed by atoms with Gasteiger partial charge in [-0.2, -0.15) is 10.0 Å². The van der Waals surface area contributed by atoms with Gasteiger partial charge in [-0.25, -0.2) is 0 Å². The number of fused-ring (bicyclic) bond motifs is 2. The molecule has 196 valence electrons. The van der Waals surface area contributed by atoms with Gasteiger partial charge in [-0.3, -0.25) is 29.2 Å². The number of hydrogen-bond donors (Lipinski definition) is 0. The zero-order chi connectivity index (χ0) is 27.1. The molecule has 8 nitrogen and oxygen atoms in total.